The number of benzene rings is 2. The molecule has 156 valence electrons. The van der Waals surface area contributed by atoms with Gasteiger partial charge in [0.25, 0.3) is 5.56 Å². The molecule has 1 heterocycles. The maximum absolute atomic E-state index is 12.7. The molecule has 0 aliphatic heterocycles. The molecule has 30 heavy (non-hydrogen) atoms. The van der Waals surface area contributed by atoms with Crippen LogP contribution in [0.1, 0.15) is 41.3 Å². The number of esters is 1. The van der Waals surface area contributed by atoms with E-state index in [0.29, 0.717) is 17.9 Å². The summed E-state index contributed by atoms with van der Waals surface area (Å²) in [6.07, 6.45) is 1.75. The number of aromatic nitrogens is 1. The second-order valence-corrected chi connectivity index (χ2v) is 7.34. The van der Waals surface area contributed by atoms with Gasteiger partial charge in [-0.15, -0.1) is 0 Å². The number of pyridine rings is 1. The molecule has 1 aromatic heterocycles. The van der Waals surface area contributed by atoms with Gasteiger partial charge in [-0.3, -0.25) is 14.2 Å². The molecule has 0 aliphatic rings. The lowest BCUT2D eigenvalue weighted by atomic mass is 10.1. The van der Waals surface area contributed by atoms with Gasteiger partial charge in [0.1, 0.15) is 6.54 Å². The molecule has 1 amide bonds. The third kappa shape index (κ3) is 4.76. The average Bonchev–Trinajstić information content (AvgIpc) is 2.71. The van der Waals surface area contributed by atoms with Gasteiger partial charge >= 0.3 is 5.97 Å². The number of anilines is 1. The van der Waals surface area contributed by atoms with Crippen LogP contribution in [0.3, 0.4) is 0 Å². The number of ether oxygens (including phenoxy) is 1. The number of para-hydroxylation sites is 1. The maximum Gasteiger partial charge on any atom is 0.338 e. The molecule has 0 radical (unpaired) electrons. The van der Waals surface area contributed by atoms with Crippen molar-refractivity contribution in [1.82, 2.24) is 4.57 Å². The fourth-order valence-electron chi connectivity index (χ4n) is 3.40. The number of carbonyl (C=O) groups is 2. The number of nitrogens with zero attached hydrogens (tertiary/aromatic N) is 1. The number of amides is 1. The zero-order chi connectivity index (χ0) is 21.7. The molecule has 6 heteroatoms. The highest BCUT2D eigenvalue weighted by molar-refractivity contribution is 5.95. The Balaban J connectivity index is 1.80. The normalized spacial score (nSPS) is 10.8. The molecule has 3 rings (SSSR count). The highest BCUT2D eigenvalue weighted by Crippen LogP contribution is 2.20. The summed E-state index contributed by atoms with van der Waals surface area (Å²) in [6.45, 7) is 6.08. The summed E-state index contributed by atoms with van der Waals surface area (Å²) in [5.74, 6) is -0.766. The maximum atomic E-state index is 12.7. The summed E-state index contributed by atoms with van der Waals surface area (Å²) in [6, 6.07) is 13.9. The van der Waals surface area contributed by atoms with Crippen molar-refractivity contribution in [3.8, 4) is 0 Å². The Morgan fingerprint density at radius 2 is 1.80 bits per heavy atom. The molecule has 0 saturated carbocycles. The van der Waals surface area contributed by atoms with Crippen molar-refractivity contribution in [3.63, 3.8) is 0 Å². The first kappa shape index (κ1) is 21.3. The van der Waals surface area contributed by atoms with Gasteiger partial charge in [-0.1, -0.05) is 37.6 Å². The van der Waals surface area contributed by atoms with Gasteiger partial charge in [0, 0.05) is 17.1 Å². The fraction of sp³-hybridized carbons (Fsp3) is 0.292. The van der Waals surface area contributed by atoms with Crippen LogP contribution in [0.25, 0.3) is 10.9 Å². The lowest BCUT2D eigenvalue weighted by Gasteiger charge is -2.14. The monoisotopic (exact) mass is 406 g/mol. The molecule has 2 aromatic carbocycles. The molecule has 6 nitrogen and oxygen atoms in total. The summed E-state index contributed by atoms with van der Waals surface area (Å²) in [7, 11) is 0. The third-order valence-electron chi connectivity index (χ3n) is 4.95. The van der Waals surface area contributed by atoms with Gasteiger partial charge in [-0.05, 0) is 49.6 Å². The molecule has 0 unspecified atom stereocenters. The topological polar surface area (TPSA) is 77.4 Å². The van der Waals surface area contributed by atoms with Crippen LogP contribution in [0.5, 0.6) is 0 Å². The van der Waals surface area contributed by atoms with E-state index < -0.39 is 5.97 Å². The van der Waals surface area contributed by atoms with Gasteiger partial charge in [0.2, 0.25) is 5.91 Å². The largest absolute Gasteiger partial charge is 0.462 e. The summed E-state index contributed by atoms with van der Waals surface area (Å²) in [5.41, 5.74) is 3.19. The van der Waals surface area contributed by atoms with Crippen LogP contribution in [0.15, 0.2) is 53.3 Å². The van der Waals surface area contributed by atoms with Crippen molar-refractivity contribution in [1.29, 1.82) is 0 Å². The second kappa shape index (κ2) is 9.39. The van der Waals surface area contributed by atoms with Crippen molar-refractivity contribution in [2.75, 3.05) is 11.9 Å². The highest BCUT2D eigenvalue weighted by Gasteiger charge is 2.13. The number of nitrogens with one attached hydrogen (secondary N) is 1. The van der Waals surface area contributed by atoms with Crippen molar-refractivity contribution < 1.29 is 14.3 Å². The quantitative estimate of drug-likeness (QED) is 0.471. The Morgan fingerprint density at radius 3 is 2.57 bits per heavy atom. The van der Waals surface area contributed by atoms with Crippen LogP contribution in [-0.2, 0) is 16.1 Å². The number of rotatable bonds is 7. The van der Waals surface area contributed by atoms with Crippen LogP contribution in [0, 0.1) is 13.8 Å². The van der Waals surface area contributed by atoms with E-state index in [2.05, 4.69) is 5.32 Å². The molecule has 0 fully saturated rings. The van der Waals surface area contributed by atoms with Crippen LogP contribution in [0.4, 0.5) is 5.69 Å². The Morgan fingerprint density at radius 1 is 1.03 bits per heavy atom. The minimum Gasteiger partial charge on any atom is -0.462 e. The summed E-state index contributed by atoms with van der Waals surface area (Å²) in [4.78, 5) is 37.4. The zero-order valence-electron chi connectivity index (χ0n) is 17.5. The van der Waals surface area contributed by atoms with E-state index in [0.717, 1.165) is 34.9 Å². The number of hydrogen-bond acceptors (Lipinski definition) is 4. The minimum atomic E-state index is -0.420. The first-order valence-electron chi connectivity index (χ1n) is 10.1. The van der Waals surface area contributed by atoms with Gasteiger partial charge in [-0.2, -0.15) is 0 Å². The SMILES string of the molecule is CCCCOC(=O)c1cccc(NC(=O)Cn2c(=O)cc(C)c3cccc(C)c32)c1. The number of aryl methyl sites for hydroxylation is 2. The van der Waals surface area contributed by atoms with Crippen LogP contribution in [0.2, 0.25) is 0 Å². The Labute approximate surface area is 175 Å². The van der Waals surface area contributed by atoms with Crippen molar-refractivity contribution in [3.05, 3.63) is 75.6 Å². The standard InChI is InChI=1S/C24H26N2O4/c1-4-5-12-30-24(29)18-9-7-10-19(14-18)25-21(27)15-26-22(28)13-17(3)20-11-6-8-16(2)23(20)26/h6-11,13-14H,4-5,12,15H2,1-3H3,(H,25,27). The predicted octanol–water partition coefficient (Wildman–Crippen LogP) is 4.21. The van der Waals surface area contributed by atoms with Gasteiger partial charge in [0.15, 0.2) is 0 Å². The van der Waals surface area contributed by atoms with E-state index in [-0.39, 0.29) is 18.0 Å². The van der Waals surface area contributed by atoms with Crippen LogP contribution in [-0.4, -0.2) is 23.1 Å². The van der Waals surface area contributed by atoms with Gasteiger partial charge in [0.05, 0.1) is 17.7 Å². The molecule has 0 aliphatic carbocycles. The number of unbranched alkanes of at least 4 members (excludes halogenated alkanes) is 1. The molecular formula is C24H26N2O4. The summed E-state index contributed by atoms with van der Waals surface area (Å²) < 4.78 is 6.70. The number of hydrogen-bond donors (Lipinski definition) is 1. The minimum absolute atomic E-state index is 0.119. The lowest BCUT2D eigenvalue weighted by molar-refractivity contribution is -0.116. The fourth-order valence-corrected chi connectivity index (χ4v) is 3.40. The zero-order valence-corrected chi connectivity index (χ0v) is 17.5. The van der Waals surface area contributed by atoms with E-state index >= 15 is 0 Å². The van der Waals surface area contributed by atoms with E-state index in [4.69, 9.17) is 4.74 Å². The predicted molar refractivity (Wildman–Crippen MR) is 118 cm³/mol. The first-order valence-corrected chi connectivity index (χ1v) is 10.1. The van der Waals surface area contributed by atoms with Gasteiger partial charge in [-0.25, -0.2) is 4.79 Å². The van der Waals surface area contributed by atoms with Crippen molar-refractivity contribution in [2.24, 2.45) is 0 Å². The smallest absolute Gasteiger partial charge is 0.338 e. The summed E-state index contributed by atoms with van der Waals surface area (Å²) >= 11 is 0. The van der Waals surface area contributed by atoms with E-state index in [1.807, 2.05) is 39.0 Å². The molecule has 0 atom stereocenters. The highest BCUT2D eigenvalue weighted by atomic mass is 16.5. The Kier molecular flexibility index (Phi) is 6.67. The van der Waals surface area contributed by atoms with E-state index in [9.17, 15) is 14.4 Å². The second-order valence-electron chi connectivity index (χ2n) is 7.34. The third-order valence-corrected chi connectivity index (χ3v) is 4.95. The van der Waals surface area contributed by atoms with Crippen LogP contribution < -0.4 is 10.9 Å². The molecule has 0 spiro atoms. The molecule has 0 bridgehead atoms. The Bertz CT molecular complexity index is 1150. The van der Waals surface area contributed by atoms with Crippen molar-refractivity contribution >= 4 is 28.5 Å². The number of carbonyl (C=O) groups excluding carboxylic acids is 2. The molecule has 3 aromatic rings. The lowest BCUT2D eigenvalue weighted by Crippen LogP contribution is -2.28. The van der Waals surface area contributed by atoms with Crippen molar-refractivity contribution in [2.45, 2.75) is 40.2 Å². The van der Waals surface area contributed by atoms with E-state index in [1.165, 1.54) is 4.57 Å². The molecular weight excluding hydrogens is 380 g/mol. The Hall–Kier alpha value is -3.41. The average molecular weight is 406 g/mol. The van der Waals surface area contributed by atoms with Crippen LogP contribution >= 0.6 is 0 Å². The summed E-state index contributed by atoms with van der Waals surface area (Å²) in [5, 5.41) is 3.72. The number of fused-ring (bicyclic) bond motifs is 1. The molecule has 1 N–H and O–H groups in total. The first-order chi connectivity index (χ1) is 14.4. The molecule has 0 saturated heterocycles. The van der Waals surface area contributed by atoms with E-state index in [1.54, 1.807) is 30.3 Å². The van der Waals surface area contributed by atoms with Gasteiger partial charge < -0.3 is 10.1 Å².